The van der Waals surface area contributed by atoms with E-state index in [1.807, 2.05) is 50.2 Å². The van der Waals surface area contributed by atoms with Gasteiger partial charge < -0.3 is 49.3 Å². The lowest BCUT2D eigenvalue weighted by atomic mass is 9.92. The van der Waals surface area contributed by atoms with Crippen LogP contribution in [-0.2, 0) is 30.4 Å². The Morgan fingerprint density at radius 1 is 0.859 bits per heavy atom. The number of aromatic nitrogens is 4. The Kier molecular flexibility index (Phi) is 11.7. The van der Waals surface area contributed by atoms with Crippen molar-refractivity contribution in [3.8, 4) is 28.1 Å². The maximum atomic E-state index is 14.4. The molecule has 5 heterocycles. The summed E-state index contributed by atoms with van der Waals surface area (Å²) in [4.78, 5) is 73.1. The van der Waals surface area contributed by atoms with E-state index in [0.717, 1.165) is 68.3 Å². The van der Waals surface area contributed by atoms with E-state index < -0.39 is 30.3 Å². The molecule has 3 aliphatic rings. The number of hydrogen-bond donors (Lipinski definition) is 4. The molecule has 5 atom stereocenters. The molecule has 332 valence electrons. The minimum Gasteiger partial charge on any atom is -0.488 e. The molecule has 16 nitrogen and oxygen atoms in total. The minimum absolute atomic E-state index is 0.0592. The zero-order chi connectivity index (χ0) is 44.6. The third-order valence-corrected chi connectivity index (χ3v) is 12.7. The zero-order valence-electron chi connectivity index (χ0n) is 36.5. The molecule has 2 saturated heterocycles. The summed E-state index contributed by atoms with van der Waals surface area (Å²) < 4.78 is 21.7. The largest absolute Gasteiger partial charge is 0.488 e. The van der Waals surface area contributed by atoms with E-state index >= 15 is 0 Å². The van der Waals surface area contributed by atoms with E-state index in [0.29, 0.717) is 49.9 Å². The van der Waals surface area contributed by atoms with Crippen molar-refractivity contribution in [2.75, 3.05) is 41.0 Å². The first kappa shape index (κ1) is 42.4. The number of aromatic amines is 2. The standard InChI is InChI=1S/C48H52N8O8/c1-26(2)40(53-47(59)62-4)45(57)55-17-9-12-37(55)43-49-22-36(51-43)30-13-15-32-31(19-30)25-64-39-21-33-29(20-34(32)39)14-16-35-42(33)52-44(50-35)38-18-27(24-61-3)23-56(38)46(58)41(54-48(60)63-5)28-10-7-6-8-11-28/h6-8,10-11,13-16,19-22,26-27,37-38,40-41H,9,12,17-18,23-25H2,1-5H3,(H,49,51)(H,50,52)(H,53,59)(H,54,60)/t27-,37+,38+,40?,41-/m1/s1. The SMILES string of the molecule is COC[C@@H]1C[C@@H](c2nc3ccc4cc5c(cc4c3[nH]2)OCc2cc(-c3cnc([C@@H]4CCCN4C(=O)C(NC(=O)OC)C(C)C)[nH]3)ccc2-5)N(C(=O)[C@H](NC(=O)OC)c2ccccc2)C1. The number of amides is 4. The number of rotatable bonds is 11. The molecule has 0 saturated carbocycles. The molecule has 0 spiro atoms. The van der Waals surface area contributed by atoms with Gasteiger partial charge in [0.1, 0.15) is 36.1 Å². The fraction of sp³-hybridized carbons (Fsp3) is 0.375. The molecule has 3 aliphatic heterocycles. The van der Waals surface area contributed by atoms with Gasteiger partial charge in [0, 0.05) is 37.1 Å². The van der Waals surface area contributed by atoms with Gasteiger partial charge in [-0.05, 0) is 77.1 Å². The molecule has 9 rings (SSSR count). The lowest BCUT2D eigenvalue weighted by molar-refractivity contribution is -0.136. The molecule has 4 N–H and O–H groups in total. The predicted molar refractivity (Wildman–Crippen MR) is 238 cm³/mol. The molecule has 0 bridgehead atoms. The number of benzene rings is 4. The van der Waals surface area contributed by atoms with Gasteiger partial charge in [0.05, 0.1) is 55.8 Å². The third kappa shape index (κ3) is 7.97. The summed E-state index contributed by atoms with van der Waals surface area (Å²) in [7, 11) is 4.22. The maximum Gasteiger partial charge on any atom is 0.407 e. The van der Waals surface area contributed by atoms with Crippen LogP contribution in [0.15, 0.2) is 79.0 Å². The Labute approximate surface area is 370 Å². The average Bonchev–Trinajstić information content (AvgIpc) is 4.15. The fourth-order valence-electron chi connectivity index (χ4n) is 9.54. The van der Waals surface area contributed by atoms with Gasteiger partial charge in [-0.3, -0.25) is 9.59 Å². The van der Waals surface area contributed by atoms with Crippen molar-refractivity contribution in [3.05, 3.63) is 102 Å². The van der Waals surface area contributed by atoms with E-state index in [2.05, 4.69) is 57.0 Å². The lowest BCUT2D eigenvalue weighted by Crippen LogP contribution is -2.51. The van der Waals surface area contributed by atoms with Crippen LogP contribution in [0.2, 0.25) is 0 Å². The summed E-state index contributed by atoms with van der Waals surface area (Å²) >= 11 is 0. The Balaban J connectivity index is 0.977. The van der Waals surface area contributed by atoms with Crippen molar-refractivity contribution in [1.29, 1.82) is 0 Å². The summed E-state index contributed by atoms with van der Waals surface area (Å²) in [5.74, 6) is 1.63. The second-order valence-electron chi connectivity index (χ2n) is 17.1. The van der Waals surface area contributed by atoms with Crippen LogP contribution in [0, 0.1) is 11.8 Å². The highest BCUT2D eigenvalue weighted by atomic mass is 16.5. The number of likely N-dealkylation sites (tertiary alicyclic amines) is 2. The van der Waals surface area contributed by atoms with E-state index in [1.165, 1.54) is 14.2 Å². The molecule has 6 aromatic rings. The van der Waals surface area contributed by atoms with Gasteiger partial charge in [-0.1, -0.05) is 62.4 Å². The molecule has 16 heteroatoms. The van der Waals surface area contributed by atoms with E-state index in [1.54, 1.807) is 23.1 Å². The summed E-state index contributed by atoms with van der Waals surface area (Å²) in [5, 5.41) is 7.40. The van der Waals surface area contributed by atoms with Gasteiger partial charge >= 0.3 is 12.2 Å². The number of hydrogen-bond acceptors (Lipinski definition) is 10. The summed E-state index contributed by atoms with van der Waals surface area (Å²) in [6.45, 7) is 5.64. The Morgan fingerprint density at radius 3 is 2.42 bits per heavy atom. The fourth-order valence-corrected chi connectivity index (χ4v) is 9.54. The molecule has 2 fully saturated rings. The van der Waals surface area contributed by atoms with Gasteiger partial charge in [-0.15, -0.1) is 0 Å². The first-order valence-electron chi connectivity index (χ1n) is 21.7. The first-order valence-corrected chi connectivity index (χ1v) is 21.7. The number of H-pyrrole nitrogens is 2. The first-order chi connectivity index (χ1) is 31.0. The topological polar surface area (TPSA) is 193 Å². The van der Waals surface area contributed by atoms with Crippen molar-refractivity contribution >= 4 is 45.8 Å². The van der Waals surface area contributed by atoms with Crippen molar-refractivity contribution < 1.29 is 38.1 Å². The number of nitrogens with zero attached hydrogens (tertiary/aromatic N) is 4. The van der Waals surface area contributed by atoms with Crippen molar-refractivity contribution in [2.45, 2.75) is 63.9 Å². The molecule has 0 aliphatic carbocycles. The Morgan fingerprint density at radius 2 is 1.66 bits per heavy atom. The normalized spacial score (nSPS) is 18.9. The summed E-state index contributed by atoms with van der Waals surface area (Å²) in [5.41, 5.74) is 7.11. The Hall–Kier alpha value is -6.94. The number of nitrogens with one attached hydrogen (secondary N) is 4. The number of imidazole rings is 2. The van der Waals surface area contributed by atoms with Gasteiger partial charge in [0.25, 0.3) is 5.91 Å². The van der Waals surface area contributed by atoms with Crippen LogP contribution >= 0.6 is 0 Å². The lowest BCUT2D eigenvalue weighted by Gasteiger charge is -2.30. The van der Waals surface area contributed by atoms with Crippen LogP contribution < -0.4 is 15.4 Å². The smallest absolute Gasteiger partial charge is 0.407 e. The van der Waals surface area contributed by atoms with Gasteiger partial charge in [0.2, 0.25) is 5.91 Å². The predicted octanol–water partition coefficient (Wildman–Crippen LogP) is 7.34. The molecular weight excluding hydrogens is 817 g/mol. The third-order valence-electron chi connectivity index (χ3n) is 12.7. The summed E-state index contributed by atoms with van der Waals surface area (Å²) in [6.07, 6.45) is 2.69. The van der Waals surface area contributed by atoms with Crippen molar-refractivity contribution in [1.82, 2.24) is 40.4 Å². The molecule has 0 radical (unpaired) electrons. The van der Waals surface area contributed by atoms with E-state index in [-0.39, 0.29) is 29.7 Å². The minimum atomic E-state index is -0.954. The number of fused-ring (bicyclic) bond motifs is 6. The average molecular weight is 869 g/mol. The second kappa shape index (κ2) is 17.7. The quantitative estimate of drug-likeness (QED) is 0.102. The molecule has 4 aromatic carbocycles. The number of carbonyl (C=O) groups is 4. The van der Waals surface area contributed by atoms with E-state index in [9.17, 15) is 19.2 Å². The van der Waals surface area contributed by atoms with Crippen LogP contribution in [0.5, 0.6) is 5.75 Å². The zero-order valence-corrected chi connectivity index (χ0v) is 36.5. The van der Waals surface area contributed by atoms with Crippen LogP contribution in [-0.4, -0.2) is 101 Å². The monoisotopic (exact) mass is 868 g/mol. The Bertz CT molecular complexity index is 2730. The highest BCUT2D eigenvalue weighted by molar-refractivity contribution is 6.07. The molecular formula is C48H52N8O8. The second-order valence-corrected chi connectivity index (χ2v) is 17.1. The number of alkyl carbamates (subject to hydrolysis) is 2. The van der Waals surface area contributed by atoms with E-state index in [4.69, 9.17) is 28.9 Å². The summed E-state index contributed by atoms with van der Waals surface area (Å²) in [6, 6.07) is 21.4. The highest BCUT2D eigenvalue weighted by Gasteiger charge is 2.42. The van der Waals surface area contributed by atoms with Gasteiger partial charge in [-0.25, -0.2) is 19.6 Å². The van der Waals surface area contributed by atoms with Crippen LogP contribution in [0.25, 0.3) is 44.2 Å². The highest BCUT2D eigenvalue weighted by Crippen LogP contribution is 2.44. The van der Waals surface area contributed by atoms with Crippen LogP contribution in [0.1, 0.15) is 74.0 Å². The molecule has 1 unspecified atom stereocenters. The van der Waals surface area contributed by atoms with Crippen molar-refractivity contribution in [3.63, 3.8) is 0 Å². The van der Waals surface area contributed by atoms with Gasteiger partial charge in [-0.2, -0.15) is 0 Å². The molecule has 4 amide bonds. The van der Waals surface area contributed by atoms with Crippen LogP contribution in [0.3, 0.4) is 0 Å². The number of methoxy groups -OCH3 is 3. The molecule has 64 heavy (non-hydrogen) atoms. The van der Waals surface area contributed by atoms with Gasteiger partial charge in [0.15, 0.2) is 0 Å². The van der Waals surface area contributed by atoms with Crippen LogP contribution in [0.4, 0.5) is 9.59 Å². The number of ether oxygens (including phenoxy) is 4. The number of carbonyl (C=O) groups excluding carboxylic acids is 4. The van der Waals surface area contributed by atoms with Crippen molar-refractivity contribution in [2.24, 2.45) is 11.8 Å². The molecule has 2 aromatic heterocycles. The maximum absolute atomic E-state index is 14.4.